The number of ether oxygens (including phenoxy) is 2. The van der Waals surface area contributed by atoms with Gasteiger partial charge < -0.3 is 35.3 Å². The Balaban J connectivity index is 1.07. The highest BCUT2D eigenvalue weighted by atomic mass is 31.2. The molecule has 4 aromatic rings. The quantitative estimate of drug-likeness (QED) is 0.172. The second-order valence-corrected chi connectivity index (χ2v) is 15.6. The van der Waals surface area contributed by atoms with Gasteiger partial charge in [-0.25, -0.2) is 33.5 Å². The molecule has 3 aliphatic heterocycles. The van der Waals surface area contributed by atoms with Crippen LogP contribution in [0.25, 0.3) is 22.3 Å². The van der Waals surface area contributed by atoms with Crippen molar-refractivity contribution in [1.29, 1.82) is 0 Å². The van der Waals surface area contributed by atoms with Gasteiger partial charge in [0.2, 0.25) is 5.95 Å². The number of aromatic amines is 1. The first kappa shape index (κ1) is 30.6. The largest absolute Gasteiger partial charge is 0.472 e. The molecule has 9 rings (SSSR count). The molecule has 0 amide bonds. The SMILES string of the molecule is C[C@]12OP(=O)(O)OC[C@@]34CO[C@@H]([C@H](n5cnc6c(=O)[nH]c(N)nc65)O3)[C@@H]4OP(=O)(O)OC[C@]13C[C@@H]3[C@@H](n1cnc3c(N)ncnc31)[C@@H]2F. The number of nitrogens with zero attached hydrogens (tertiary/aromatic N) is 7. The number of nitrogens with two attached hydrogens (primary N) is 2. The minimum atomic E-state index is -5.12. The number of hydrogen-bond donors (Lipinski definition) is 5. The second kappa shape index (κ2) is 9.63. The molecule has 2 aliphatic carbocycles. The fourth-order valence-electron chi connectivity index (χ4n) is 7.86. The van der Waals surface area contributed by atoms with E-state index in [9.17, 15) is 23.7 Å². The number of phosphoric acid groups is 2. The number of fused-ring (bicyclic) bond motifs is 2. The van der Waals surface area contributed by atoms with Crippen LogP contribution in [0.4, 0.5) is 16.2 Å². The third-order valence-electron chi connectivity index (χ3n) is 10.3. The Morgan fingerprint density at radius 1 is 1.02 bits per heavy atom. The van der Waals surface area contributed by atoms with Crippen LogP contribution in [0.1, 0.15) is 25.6 Å². The summed E-state index contributed by atoms with van der Waals surface area (Å²) in [6.45, 7) is -0.406. The molecule has 24 heteroatoms. The Hall–Kier alpha value is -3.43. The average Bonchev–Trinajstić information content (AvgIpc) is 3.38. The fourth-order valence-corrected chi connectivity index (χ4v) is 10.1. The summed E-state index contributed by atoms with van der Waals surface area (Å²) in [4.78, 5) is 57.3. The minimum Gasteiger partial charge on any atom is -0.382 e. The van der Waals surface area contributed by atoms with Gasteiger partial charge >= 0.3 is 15.6 Å². The van der Waals surface area contributed by atoms with Crippen LogP contribution in [0.3, 0.4) is 0 Å². The zero-order chi connectivity index (χ0) is 33.6. The highest BCUT2D eigenvalue weighted by molar-refractivity contribution is 7.47. The summed E-state index contributed by atoms with van der Waals surface area (Å²) in [5, 5.41) is 0. The molecule has 2 saturated carbocycles. The van der Waals surface area contributed by atoms with E-state index >= 15 is 4.39 Å². The number of hydrogen-bond acceptors (Lipinski definition) is 16. The zero-order valence-electron chi connectivity index (χ0n) is 24.7. The van der Waals surface area contributed by atoms with Crippen molar-refractivity contribution in [3.63, 3.8) is 0 Å². The summed E-state index contributed by atoms with van der Waals surface area (Å²) >= 11 is 0. The summed E-state index contributed by atoms with van der Waals surface area (Å²) in [6.07, 6.45) is -1.81. The molecule has 3 saturated heterocycles. The van der Waals surface area contributed by atoms with Crippen LogP contribution in [-0.2, 0) is 36.7 Å². The topological polar surface area (TPSA) is 289 Å². The first-order valence-corrected chi connectivity index (χ1v) is 17.6. The number of aromatic nitrogens is 8. The zero-order valence-corrected chi connectivity index (χ0v) is 26.4. The summed E-state index contributed by atoms with van der Waals surface area (Å²) in [7, 11) is -10.1. The number of phosphoric ester groups is 2. The van der Waals surface area contributed by atoms with Crippen LogP contribution in [0.2, 0.25) is 0 Å². The Labute approximate surface area is 266 Å². The lowest BCUT2D eigenvalue weighted by Crippen LogP contribution is -2.49. The number of anilines is 2. The molecule has 1 spiro atoms. The molecule has 256 valence electrons. The predicted molar refractivity (Wildman–Crippen MR) is 155 cm³/mol. The van der Waals surface area contributed by atoms with E-state index in [-0.39, 0.29) is 47.1 Å². The van der Waals surface area contributed by atoms with Crippen molar-refractivity contribution >= 4 is 49.7 Å². The normalized spacial score (nSPS) is 43.8. The molecular formula is C24H27FN10O11P2. The number of halogens is 1. The Kier molecular flexibility index (Phi) is 6.14. The van der Waals surface area contributed by atoms with Crippen LogP contribution in [0, 0.1) is 11.3 Å². The van der Waals surface area contributed by atoms with E-state index in [1.54, 1.807) is 0 Å². The van der Waals surface area contributed by atoms with E-state index < -0.39 is 87.6 Å². The van der Waals surface area contributed by atoms with Crippen molar-refractivity contribution in [2.75, 3.05) is 31.3 Å². The lowest BCUT2D eigenvalue weighted by Gasteiger charge is -2.39. The van der Waals surface area contributed by atoms with Gasteiger partial charge in [0.05, 0.1) is 38.5 Å². The molecular weight excluding hydrogens is 685 g/mol. The highest BCUT2D eigenvalue weighted by Gasteiger charge is 2.80. The van der Waals surface area contributed by atoms with E-state index in [2.05, 4.69) is 29.9 Å². The van der Waals surface area contributed by atoms with E-state index in [0.717, 1.165) is 0 Å². The van der Waals surface area contributed by atoms with Gasteiger partial charge in [-0.1, -0.05) is 0 Å². The molecule has 2 unspecified atom stereocenters. The summed E-state index contributed by atoms with van der Waals surface area (Å²) in [6, 6.07) is -1.05. The van der Waals surface area contributed by atoms with Gasteiger partial charge in [0.15, 0.2) is 35.0 Å². The molecule has 4 aromatic heterocycles. The maximum absolute atomic E-state index is 16.7. The molecule has 2 bridgehead atoms. The monoisotopic (exact) mass is 712 g/mol. The van der Waals surface area contributed by atoms with E-state index in [1.165, 1.54) is 35.0 Å². The molecule has 11 atom stereocenters. The number of rotatable bonds is 2. The average molecular weight is 712 g/mol. The molecule has 48 heavy (non-hydrogen) atoms. The molecule has 0 radical (unpaired) electrons. The lowest BCUT2D eigenvalue weighted by atomic mass is 9.86. The second-order valence-electron chi connectivity index (χ2n) is 12.8. The molecule has 7 N–H and O–H groups in total. The minimum absolute atomic E-state index is 0.00714. The predicted octanol–water partition coefficient (Wildman–Crippen LogP) is 0.0975. The number of nitrogen functional groups attached to an aromatic ring is 2. The van der Waals surface area contributed by atoms with Gasteiger partial charge in [-0.05, 0) is 19.3 Å². The van der Waals surface area contributed by atoms with Crippen LogP contribution in [-0.4, -0.2) is 98.2 Å². The van der Waals surface area contributed by atoms with Gasteiger partial charge in [0, 0.05) is 5.41 Å². The van der Waals surface area contributed by atoms with Crippen molar-refractivity contribution < 1.29 is 50.9 Å². The standard InChI is InChI=1S/C24H27FN10O11P2/c1-22-14(25)12(34-7-30-10-16(26)28-6-29-17(10)34)9-2-23(9,22)3-42-47(37,38)45-15-13-20(35-8-31-11-18(35)32-21(27)33-19(11)36)44-24(15,4-41-13)5-43-48(39,40)46-22/h6-9,12-15,20H,2-5H2,1H3,(H,37,38)(H,39,40)(H2,26,28,29)(H3,27,32,33,36)/t9-,12-,13-,14+,15+,20-,22-,23+,24-/m1/s1. The van der Waals surface area contributed by atoms with Crippen molar-refractivity contribution in [3.05, 3.63) is 29.3 Å². The van der Waals surface area contributed by atoms with Gasteiger partial charge in [-0.15, -0.1) is 0 Å². The number of H-pyrrole nitrogens is 1. The molecule has 0 aromatic carbocycles. The summed E-state index contributed by atoms with van der Waals surface area (Å²) < 4.78 is 81.2. The molecule has 7 heterocycles. The lowest BCUT2D eigenvalue weighted by molar-refractivity contribution is -0.186. The Bertz CT molecular complexity index is 2180. The third-order valence-corrected chi connectivity index (χ3v) is 12.3. The number of alkyl halides is 1. The van der Waals surface area contributed by atoms with E-state index in [4.69, 9.17) is 39.0 Å². The van der Waals surface area contributed by atoms with Crippen molar-refractivity contribution in [1.82, 2.24) is 39.0 Å². The maximum atomic E-state index is 16.7. The maximum Gasteiger partial charge on any atom is 0.472 e. The first-order chi connectivity index (χ1) is 22.7. The van der Waals surface area contributed by atoms with Crippen LogP contribution in [0.5, 0.6) is 0 Å². The van der Waals surface area contributed by atoms with Gasteiger partial charge in [0.1, 0.15) is 35.3 Å². The van der Waals surface area contributed by atoms with Gasteiger partial charge in [-0.2, -0.15) is 4.98 Å². The fraction of sp³-hybridized carbons (Fsp3) is 0.583. The van der Waals surface area contributed by atoms with Crippen LogP contribution >= 0.6 is 15.6 Å². The summed E-state index contributed by atoms with van der Waals surface area (Å²) in [5.41, 5.74) is 6.16. The Morgan fingerprint density at radius 2 is 1.77 bits per heavy atom. The van der Waals surface area contributed by atoms with Crippen LogP contribution in [0.15, 0.2) is 23.8 Å². The molecule has 21 nitrogen and oxygen atoms in total. The van der Waals surface area contributed by atoms with E-state index in [0.29, 0.717) is 0 Å². The molecule has 5 fully saturated rings. The van der Waals surface area contributed by atoms with Gasteiger partial charge in [0.25, 0.3) is 5.56 Å². The Morgan fingerprint density at radius 3 is 2.58 bits per heavy atom. The summed E-state index contributed by atoms with van der Waals surface area (Å²) in [5.74, 6) is -0.765. The van der Waals surface area contributed by atoms with Crippen LogP contribution < -0.4 is 17.0 Å². The highest BCUT2D eigenvalue weighted by Crippen LogP contribution is 2.77. The van der Waals surface area contributed by atoms with Gasteiger partial charge in [-0.3, -0.25) is 32.4 Å². The molecule has 5 aliphatic rings. The third kappa shape index (κ3) is 4.06. The van der Waals surface area contributed by atoms with Crippen molar-refractivity contribution in [2.24, 2.45) is 11.3 Å². The number of imidazole rings is 2. The van der Waals surface area contributed by atoms with E-state index in [1.807, 2.05) is 0 Å². The smallest absolute Gasteiger partial charge is 0.382 e. The first-order valence-electron chi connectivity index (χ1n) is 14.6. The van der Waals surface area contributed by atoms with Crippen molar-refractivity contribution in [2.45, 2.75) is 55.2 Å². The van der Waals surface area contributed by atoms with Crippen molar-refractivity contribution in [3.8, 4) is 0 Å². The number of nitrogens with one attached hydrogen (secondary N) is 1.